The van der Waals surface area contributed by atoms with Crippen LogP contribution in [0.5, 0.6) is 0 Å². The molecule has 0 aliphatic heterocycles. The summed E-state index contributed by atoms with van der Waals surface area (Å²) in [6.07, 6.45) is 1.54. The minimum atomic E-state index is 0.333. The number of aromatic nitrogens is 3. The third-order valence-corrected chi connectivity index (χ3v) is 3.46. The highest BCUT2D eigenvalue weighted by atomic mass is 35.5. The van der Waals surface area contributed by atoms with E-state index in [1.165, 1.54) is 6.20 Å². The highest BCUT2D eigenvalue weighted by molar-refractivity contribution is 6.35. The van der Waals surface area contributed by atoms with E-state index >= 15 is 0 Å². The predicted molar refractivity (Wildman–Crippen MR) is 83.7 cm³/mol. The maximum atomic E-state index is 6.17. The summed E-state index contributed by atoms with van der Waals surface area (Å²) in [7, 11) is 1.84. The molecule has 0 amide bonds. The van der Waals surface area contributed by atoms with E-state index in [-0.39, 0.29) is 0 Å². The Morgan fingerprint density at radius 3 is 2.45 bits per heavy atom. The van der Waals surface area contributed by atoms with Crippen LogP contribution in [0.4, 0.5) is 5.82 Å². The van der Waals surface area contributed by atoms with E-state index in [1.54, 1.807) is 6.07 Å². The van der Waals surface area contributed by atoms with E-state index in [0.29, 0.717) is 27.5 Å². The first-order chi connectivity index (χ1) is 9.43. The molecule has 0 atom stereocenters. The van der Waals surface area contributed by atoms with E-state index in [2.05, 4.69) is 34.1 Å². The first-order valence-corrected chi connectivity index (χ1v) is 7.07. The van der Waals surface area contributed by atoms with Gasteiger partial charge in [0.1, 0.15) is 11.5 Å². The third kappa shape index (κ3) is 2.86. The van der Waals surface area contributed by atoms with Gasteiger partial charge in [-0.1, -0.05) is 37.0 Å². The fourth-order valence-electron chi connectivity index (χ4n) is 2.15. The fraction of sp³-hybridized carbons (Fsp3) is 0.357. The molecule has 0 spiro atoms. The van der Waals surface area contributed by atoms with Crippen molar-refractivity contribution in [2.45, 2.75) is 26.7 Å². The molecule has 0 fully saturated rings. The summed E-state index contributed by atoms with van der Waals surface area (Å²) in [4.78, 5) is 13.3. The average molecular weight is 311 g/mol. The quantitative estimate of drug-likeness (QED) is 0.917. The first-order valence-electron chi connectivity index (χ1n) is 6.31. The van der Waals surface area contributed by atoms with Crippen molar-refractivity contribution in [3.8, 4) is 11.5 Å². The molecule has 2 heterocycles. The van der Waals surface area contributed by atoms with Gasteiger partial charge in [0.05, 0.1) is 10.0 Å². The Hall–Kier alpha value is -1.39. The highest BCUT2D eigenvalue weighted by Gasteiger charge is 2.17. The van der Waals surface area contributed by atoms with Crippen LogP contribution in [0.2, 0.25) is 10.0 Å². The zero-order valence-electron chi connectivity index (χ0n) is 11.8. The summed E-state index contributed by atoms with van der Waals surface area (Å²) >= 11 is 12.0. The van der Waals surface area contributed by atoms with Crippen molar-refractivity contribution in [1.82, 2.24) is 15.0 Å². The Balaban J connectivity index is 2.61. The number of nitrogens with one attached hydrogen (secondary N) is 1. The Bertz CT molecular complexity index is 641. The molecule has 2 rings (SSSR count). The fourth-order valence-corrected chi connectivity index (χ4v) is 2.61. The predicted octanol–water partition coefficient (Wildman–Crippen LogP) is 4.32. The molecule has 0 unspecified atom stereocenters. The molecule has 6 heteroatoms. The van der Waals surface area contributed by atoms with Gasteiger partial charge in [-0.2, -0.15) is 0 Å². The minimum absolute atomic E-state index is 0.333. The van der Waals surface area contributed by atoms with E-state index in [0.717, 1.165) is 17.1 Å². The maximum Gasteiger partial charge on any atom is 0.181 e. The van der Waals surface area contributed by atoms with E-state index < -0.39 is 0 Å². The second-order valence-electron chi connectivity index (χ2n) is 4.78. The third-order valence-electron chi connectivity index (χ3n) is 2.97. The smallest absolute Gasteiger partial charge is 0.181 e. The van der Waals surface area contributed by atoms with Gasteiger partial charge in [0, 0.05) is 24.5 Å². The van der Waals surface area contributed by atoms with Gasteiger partial charge in [0.2, 0.25) is 0 Å². The molecular formula is C14H16Cl2N4. The summed E-state index contributed by atoms with van der Waals surface area (Å²) in [6, 6.07) is 1.64. The molecule has 0 saturated carbocycles. The van der Waals surface area contributed by atoms with E-state index in [4.69, 9.17) is 23.2 Å². The topological polar surface area (TPSA) is 50.7 Å². The lowest BCUT2D eigenvalue weighted by Crippen LogP contribution is -2.07. The van der Waals surface area contributed by atoms with Gasteiger partial charge in [0.25, 0.3) is 0 Å². The van der Waals surface area contributed by atoms with Crippen LogP contribution in [0.3, 0.4) is 0 Å². The molecule has 0 saturated heterocycles. The van der Waals surface area contributed by atoms with Gasteiger partial charge in [-0.15, -0.1) is 0 Å². The Morgan fingerprint density at radius 2 is 1.90 bits per heavy atom. The molecule has 0 aliphatic carbocycles. The van der Waals surface area contributed by atoms with Crippen molar-refractivity contribution < 1.29 is 0 Å². The van der Waals surface area contributed by atoms with E-state index in [9.17, 15) is 0 Å². The normalized spacial score (nSPS) is 10.9. The summed E-state index contributed by atoms with van der Waals surface area (Å²) in [5.74, 6) is 1.63. The van der Waals surface area contributed by atoms with Crippen LogP contribution < -0.4 is 5.32 Å². The maximum absolute atomic E-state index is 6.17. The van der Waals surface area contributed by atoms with Gasteiger partial charge in [0.15, 0.2) is 5.82 Å². The highest BCUT2D eigenvalue weighted by Crippen LogP contribution is 2.30. The SMILES string of the molecule is CNc1nc(-c2ncc(Cl)cc2Cl)nc(C)c1C(C)C. The van der Waals surface area contributed by atoms with Crippen LogP contribution >= 0.6 is 23.2 Å². The second-order valence-corrected chi connectivity index (χ2v) is 5.63. The van der Waals surface area contributed by atoms with Crippen LogP contribution in [0.15, 0.2) is 12.3 Å². The average Bonchev–Trinajstić information content (AvgIpc) is 2.37. The number of halogens is 2. The number of nitrogens with zero attached hydrogens (tertiary/aromatic N) is 3. The lowest BCUT2D eigenvalue weighted by atomic mass is 10.0. The molecule has 0 radical (unpaired) electrons. The molecule has 106 valence electrons. The van der Waals surface area contributed by atoms with E-state index in [1.807, 2.05) is 14.0 Å². The largest absolute Gasteiger partial charge is 0.373 e. The van der Waals surface area contributed by atoms with Crippen LogP contribution in [-0.2, 0) is 0 Å². The van der Waals surface area contributed by atoms with Crippen molar-refractivity contribution in [2.75, 3.05) is 12.4 Å². The van der Waals surface area contributed by atoms with Crippen molar-refractivity contribution in [3.05, 3.63) is 33.6 Å². The van der Waals surface area contributed by atoms with Gasteiger partial charge >= 0.3 is 0 Å². The zero-order chi connectivity index (χ0) is 14.9. The van der Waals surface area contributed by atoms with Crippen LogP contribution in [-0.4, -0.2) is 22.0 Å². The lowest BCUT2D eigenvalue weighted by Gasteiger charge is -2.15. The standard InChI is InChI=1S/C14H16Cl2N4/c1-7(2)11-8(3)19-14(20-13(11)17-4)12-10(16)5-9(15)6-18-12/h5-7H,1-4H3,(H,17,19,20). The van der Waals surface area contributed by atoms with Gasteiger partial charge in [-0.3, -0.25) is 0 Å². The van der Waals surface area contributed by atoms with Crippen LogP contribution in [0.25, 0.3) is 11.5 Å². The number of aryl methyl sites for hydroxylation is 1. The minimum Gasteiger partial charge on any atom is -0.373 e. The molecular weight excluding hydrogens is 295 g/mol. The molecule has 0 bridgehead atoms. The molecule has 0 aromatic carbocycles. The van der Waals surface area contributed by atoms with Crippen molar-refractivity contribution in [3.63, 3.8) is 0 Å². The van der Waals surface area contributed by atoms with Gasteiger partial charge in [-0.05, 0) is 18.9 Å². The van der Waals surface area contributed by atoms with Gasteiger partial charge < -0.3 is 5.32 Å². The zero-order valence-corrected chi connectivity index (χ0v) is 13.3. The van der Waals surface area contributed by atoms with Crippen molar-refractivity contribution in [2.24, 2.45) is 0 Å². The second kappa shape index (κ2) is 5.94. The summed E-state index contributed by atoms with van der Waals surface area (Å²) in [5, 5.41) is 4.04. The molecule has 2 aromatic rings. The van der Waals surface area contributed by atoms with Crippen molar-refractivity contribution in [1.29, 1.82) is 0 Å². The summed E-state index contributed by atoms with van der Waals surface area (Å²) in [6.45, 7) is 6.19. The first kappa shape index (κ1) is 15.0. The summed E-state index contributed by atoms with van der Waals surface area (Å²) < 4.78 is 0. The number of rotatable bonds is 3. The Kier molecular flexibility index (Phi) is 4.45. The monoisotopic (exact) mass is 310 g/mol. The number of pyridine rings is 1. The molecule has 4 nitrogen and oxygen atoms in total. The Morgan fingerprint density at radius 1 is 1.20 bits per heavy atom. The van der Waals surface area contributed by atoms with Crippen molar-refractivity contribution >= 4 is 29.0 Å². The molecule has 2 aromatic heterocycles. The van der Waals surface area contributed by atoms with Gasteiger partial charge in [-0.25, -0.2) is 15.0 Å². The molecule has 1 N–H and O–H groups in total. The Labute approximate surface area is 128 Å². The molecule has 20 heavy (non-hydrogen) atoms. The van der Waals surface area contributed by atoms with Crippen LogP contribution in [0.1, 0.15) is 31.0 Å². The summed E-state index contributed by atoms with van der Waals surface area (Å²) in [5.41, 5.74) is 2.55. The number of hydrogen-bond acceptors (Lipinski definition) is 4. The lowest BCUT2D eigenvalue weighted by molar-refractivity contribution is 0.833. The molecule has 0 aliphatic rings. The van der Waals surface area contributed by atoms with Crippen LogP contribution in [0, 0.1) is 6.92 Å². The number of anilines is 1. The number of hydrogen-bond donors (Lipinski definition) is 1.